The summed E-state index contributed by atoms with van der Waals surface area (Å²) in [6.45, 7) is 3.29. The zero-order valence-electron chi connectivity index (χ0n) is 18.8. The van der Waals surface area contributed by atoms with Gasteiger partial charge in [0.15, 0.2) is 0 Å². The fraction of sp³-hybridized carbons (Fsp3) is 0.174. The molecule has 5 N–H and O–H groups in total. The van der Waals surface area contributed by atoms with E-state index in [1.54, 1.807) is 19.2 Å². The van der Waals surface area contributed by atoms with E-state index in [2.05, 4.69) is 14.7 Å². The fourth-order valence-electron chi connectivity index (χ4n) is 3.58. The number of rotatable bonds is 7. The van der Waals surface area contributed by atoms with Gasteiger partial charge in [0.1, 0.15) is 22.0 Å². The summed E-state index contributed by atoms with van der Waals surface area (Å²) in [5, 5.41) is 25.1. The molecule has 0 amide bonds. The maximum Gasteiger partial charge on any atom is 0.284 e. The molecule has 0 saturated carbocycles. The van der Waals surface area contributed by atoms with E-state index in [1.165, 1.54) is 22.8 Å². The molecule has 0 aliphatic rings. The first kappa shape index (κ1) is 23.9. The second kappa shape index (κ2) is 9.52. The average Bonchev–Trinajstić information content (AvgIpc) is 3.41. The highest BCUT2D eigenvalue weighted by Crippen LogP contribution is 2.29. The number of H-pyrrole nitrogens is 1. The van der Waals surface area contributed by atoms with Crippen molar-refractivity contribution in [3.63, 3.8) is 0 Å². The number of aromatic nitrogens is 2. The Balaban J connectivity index is 1.71. The number of aliphatic imine (C=N–C) groups is 1. The Bertz CT molecular complexity index is 1530. The fourth-order valence-corrected chi connectivity index (χ4v) is 4.35. The highest BCUT2D eigenvalue weighted by molar-refractivity contribution is 7.10. The van der Waals surface area contributed by atoms with Crippen molar-refractivity contribution in [1.29, 1.82) is 0 Å². The van der Waals surface area contributed by atoms with Crippen molar-refractivity contribution in [2.75, 3.05) is 11.9 Å². The van der Waals surface area contributed by atoms with Gasteiger partial charge in [-0.05, 0) is 55.2 Å². The normalized spacial score (nSPS) is 12.6. The Morgan fingerprint density at radius 3 is 2.80 bits per heavy atom. The van der Waals surface area contributed by atoms with Gasteiger partial charge in [-0.15, -0.1) is 0 Å². The number of nitrogens with two attached hydrogens (primary N) is 1. The zero-order valence-corrected chi connectivity index (χ0v) is 19.6. The number of nitro benzene ring substituents is 1. The summed E-state index contributed by atoms with van der Waals surface area (Å²) >= 11 is 0.947. The summed E-state index contributed by atoms with van der Waals surface area (Å²) in [4.78, 5) is 40.8. The molecule has 0 radical (unpaired) electrons. The quantitative estimate of drug-likeness (QED) is 0.132. The lowest BCUT2D eigenvalue weighted by Crippen LogP contribution is -2.24. The minimum atomic E-state index is -0.630. The van der Waals surface area contributed by atoms with E-state index in [9.17, 15) is 24.8 Å². The topological polar surface area (TPSA) is 169 Å². The number of fused-ring (bicyclic) bond motifs is 1. The number of nitro groups is 1. The predicted octanol–water partition coefficient (Wildman–Crippen LogP) is 3.13. The van der Waals surface area contributed by atoms with Crippen LogP contribution in [0.2, 0.25) is 0 Å². The lowest BCUT2D eigenvalue weighted by molar-refractivity contribution is -0.385. The molecule has 2 aromatic heterocycles. The molecule has 11 nitrogen and oxygen atoms in total. The smallest absolute Gasteiger partial charge is 0.284 e. The monoisotopic (exact) mass is 494 g/mol. The van der Waals surface area contributed by atoms with Crippen molar-refractivity contribution in [2.24, 2.45) is 10.7 Å². The molecule has 4 aromatic rings. The van der Waals surface area contributed by atoms with E-state index < -0.39 is 28.1 Å². The second-order valence-electron chi connectivity index (χ2n) is 7.95. The summed E-state index contributed by atoms with van der Waals surface area (Å²) in [7, 11) is 0. The average molecular weight is 495 g/mol. The van der Waals surface area contributed by atoms with Gasteiger partial charge >= 0.3 is 0 Å². The summed E-state index contributed by atoms with van der Waals surface area (Å²) in [6, 6.07) is 11.0. The predicted molar refractivity (Wildman–Crippen MR) is 135 cm³/mol. The first-order valence-electron chi connectivity index (χ1n) is 10.5. The number of amidine groups is 1. The van der Waals surface area contributed by atoms with Gasteiger partial charge in [0.05, 0.1) is 23.1 Å². The van der Waals surface area contributed by atoms with Gasteiger partial charge < -0.3 is 16.2 Å². The number of anilines is 2. The first-order chi connectivity index (χ1) is 16.7. The molecule has 2 heterocycles. The van der Waals surface area contributed by atoms with Crippen LogP contribution in [0.5, 0.6) is 0 Å². The van der Waals surface area contributed by atoms with Crippen molar-refractivity contribution >= 4 is 50.6 Å². The number of aliphatic hydroxyl groups excluding tert-OH is 1. The molecule has 1 atom stereocenters. The number of aryl methyl sites for hydroxylation is 1. The molecule has 2 aromatic carbocycles. The molecule has 180 valence electrons. The van der Waals surface area contributed by atoms with Crippen molar-refractivity contribution < 1.29 is 14.8 Å². The van der Waals surface area contributed by atoms with E-state index >= 15 is 0 Å². The Morgan fingerprint density at radius 1 is 1.31 bits per heavy atom. The van der Waals surface area contributed by atoms with Crippen LogP contribution in [0.15, 0.2) is 58.4 Å². The molecule has 0 saturated heterocycles. The van der Waals surface area contributed by atoms with Crippen molar-refractivity contribution in [1.82, 2.24) is 8.94 Å². The molecule has 0 aliphatic carbocycles. The van der Waals surface area contributed by atoms with Crippen LogP contribution < -0.4 is 16.6 Å². The lowest BCUT2D eigenvalue weighted by atomic mass is 10.1. The van der Waals surface area contributed by atoms with Gasteiger partial charge in [-0.2, -0.15) is 0 Å². The number of benzene rings is 2. The number of hydrogen-bond donors (Lipinski definition) is 4. The molecule has 4 rings (SSSR count). The molecule has 35 heavy (non-hydrogen) atoms. The number of hydrogen-bond acceptors (Lipinski definition) is 8. The van der Waals surface area contributed by atoms with Crippen molar-refractivity contribution in [3.05, 3.63) is 85.8 Å². The third-order valence-corrected chi connectivity index (χ3v) is 6.13. The van der Waals surface area contributed by atoms with Crippen LogP contribution in [0.1, 0.15) is 28.4 Å². The molecule has 0 spiro atoms. The van der Waals surface area contributed by atoms with Crippen LogP contribution in [0.4, 0.5) is 16.4 Å². The summed E-state index contributed by atoms with van der Waals surface area (Å²) in [5.74, 6) is -0.613. The zero-order chi connectivity index (χ0) is 25.3. The van der Waals surface area contributed by atoms with E-state index in [-0.39, 0.29) is 29.3 Å². The minimum Gasteiger partial charge on any atom is -0.394 e. The SMILES string of the molecule is Cc1ccc2ccn(C(=O)c3ccc(Nc4s[nH]c(=O)c4C(N)=NC(C)CO)cc3[N+](=O)[O-])c2c1. The van der Waals surface area contributed by atoms with Crippen LogP contribution >= 0.6 is 11.5 Å². The Kier molecular flexibility index (Phi) is 6.49. The number of carbonyl (C=O) groups excluding carboxylic acids is 1. The molecule has 0 bridgehead atoms. The van der Waals surface area contributed by atoms with Gasteiger partial charge in [0.25, 0.3) is 17.2 Å². The standard InChI is InChI=1S/C23H22N6O5S/c1-12-3-4-14-7-8-28(17(14)9-12)23(32)16-6-5-15(10-18(16)29(33)34)26-22-19(21(31)27-35-22)20(24)25-13(2)11-30/h3-10,13,26,30H,11H2,1-2H3,(H2,24,25)(H,27,31). The van der Waals surface area contributed by atoms with Gasteiger partial charge in [-0.25, -0.2) is 0 Å². The van der Waals surface area contributed by atoms with Gasteiger partial charge in [-0.1, -0.05) is 12.1 Å². The van der Waals surface area contributed by atoms with E-state index in [4.69, 9.17) is 5.73 Å². The van der Waals surface area contributed by atoms with Gasteiger partial charge in [-0.3, -0.25) is 33.6 Å². The first-order valence-corrected chi connectivity index (χ1v) is 11.3. The maximum atomic E-state index is 13.2. The Morgan fingerprint density at radius 2 is 2.09 bits per heavy atom. The Labute approximate surface area is 202 Å². The minimum absolute atomic E-state index is 0.0623. The van der Waals surface area contributed by atoms with Crippen LogP contribution in [-0.4, -0.2) is 43.4 Å². The third-order valence-electron chi connectivity index (χ3n) is 5.33. The van der Waals surface area contributed by atoms with Crippen LogP contribution in [-0.2, 0) is 0 Å². The largest absolute Gasteiger partial charge is 0.394 e. The summed E-state index contributed by atoms with van der Waals surface area (Å²) < 4.78 is 3.93. The molecule has 1 unspecified atom stereocenters. The number of nitrogens with zero attached hydrogens (tertiary/aromatic N) is 3. The highest BCUT2D eigenvalue weighted by Gasteiger charge is 2.24. The van der Waals surface area contributed by atoms with Crippen LogP contribution in [0, 0.1) is 17.0 Å². The number of carbonyl (C=O) groups is 1. The summed E-state index contributed by atoms with van der Waals surface area (Å²) in [6.07, 6.45) is 1.58. The second-order valence-corrected chi connectivity index (χ2v) is 8.77. The van der Waals surface area contributed by atoms with E-state index in [0.717, 1.165) is 22.5 Å². The van der Waals surface area contributed by atoms with E-state index in [1.807, 2.05) is 25.1 Å². The number of aliphatic hydroxyl groups is 1. The molecule has 0 fully saturated rings. The number of aromatic amines is 1. The molecular formula is C23H22N6O5S. The molecule has 0 aliphatic heterocycles. The maximum absolute atomic E-state index is 13.2. The molecule has 12 heteroatoms. The van der Waals surface area contributed by atoms with Gasteiger partial charge in [0.2, 0.25) is 0 Å². The van der Waals surface area contributed by atoms with Gasteiger partial charge in [0, 0.05) is 23.3 Å². The third kappa shape index (κ3) is 4.69. The van der Waals surface area contributed by atoms with Crippen LogP contribution in [0.25, 0.3) is 10.9 Å². The Hall–Kier alpha value is -4.29. The molecular weight excluding hydrogens is 472 g/mol. The highest BCUT2D eigenvalue weighted by atomic mass is 32.1. The summed E-state index contributed by atoms with van der Waals surface area (Å²) in [5.41, 5.74) is 6.94. The van der Waals surface area contributed by atoms with Crippen LogP contribution in [0.3, 0.4) is 0 Å². The van der Waals surface area contributed by atoms with Crippen molar-refractivity contribution in [2.45, 2.75) is 19.9 Å². The lowest BCUT2D eigenvalue weighted by Gasteiger charge is -2.10. The number of nitrogens with one attached hydrogen (secondary N) is 2. The van der Waals surface area contributed by atoms with Crippen molar-refractivity contribution in [3.8, 4) is 0 Å². The van der Waals surface area contributed by atoms with E-state index in [0.29, 0.717) is 10.5 Å².